The Bertz CT molecular complexity index is 614. The Kier molecular flexibility index (Phi) is 5.91. The van der Waals surface area contributed by atoms with Crippen LogP contribution in [0.3, 0.4) is 0 Å². The fourth-order valence-electron chi connectivity index (χ4n) is 3.43. The molecule has 2 heterocycles. The summed E-state index contributed by atoms with van der Waals surface area (Å²) in [7, 11) is 0. The maximum atomic E-state index is 12.6. The first-order valence-electron chi connectivity index (χ1n) is 9.25. The summed E-state index contributed by atoms with van der Waals surface area (Å²) in [6, 6.07) is 7.38. The Labute approximate surface area is 149 Å². The number of anilines is 1. The molecule has 6 heteroatoms. The number of hydrogen-bond donors (Lipinski definition) is 1. The van der Waals surface area contributed by atoms with E-state index in [0.717, 1.165) is 13.0 Å². The van der Waals surface area contributed by atoms with Crippen molar-refractivity contribution in [1.82, 2.24) is 10.2 Å². The maximum Gasteiger partial charge on any atom is 0.268 e. The summed E-state index contributed by atoms with van der Waals surface area (Å²) in [5.74, 6) is 0.394. The molecular formula is C19H27N3O3. The Hall–Kier alpha value is -2.08. The van der Waals surface area contributed by atoms with Crippen LogP contribution in [0.25, 0.3) is 0 Å². The molecule has 1 aromatic rings. The van der Waals surface area contributed by atoms with E-state index in [1.807, 2.05) is 31.2 Å². The topological polar surface area (TPSA) is 61.9 Å². The summed E-state index contributed by atoms with van der Waals surface area (Å²) in [5.41, 5.74) is 0.671. The molecule has 0 spiro atoms. The number of benzene rings is 1. The van der Waals surface area contributed by atoms with Crippen molar-refractivity contribution in [3.05, 3.63) is 24.3 Å². The first-order valence-corrected chi connectivity index (χ1v) is 9.25. The number of hydrogen-bond acceptors (Lipinski definition) is 4. The van der Waals surface area contributed by atoms with E-state index >= 15 is 0 Å². The summed E-state index contributed by atoms with van der Waals surface area (Å²) in [5, 5.41) is 2.94. The molecule has 1 saturated heterocycles. The summed E-state index contributed by atoms with van der Waals surface area (Å²) >= 11 is 0. The molecule has 2 amide bonds. The average Bonchev–Trinajstić information content (AvgIpc) is 3.14. The van der Waals surface area contributed by atoms with Crippen molar-refractivity contribution < 1.29 is 14.3 Å². The van der Waals surface area contributed by atoms with Crippen LogP contribution < -0.4 is 15.0 Å². The van der Waals surface area contributed by atoms with Gasteiger partial charge in [0.2, 0.25) is 5.91 Å². The van der Waals surface area contributed by atoms with Crippen LogP contribution in [-0.4, -0.2) is 55.5 Å². The molecule has 25 heavy (non-hydrogen) atoms. The number of carbonyl (C=O) groups is 2. The zero-order chi connectivity index (χ0) is 17.6. The Morgan fingerprint density at radius 1 is 1.28 bits per heavy atom. The van der Waals surface area contributed by atoms with Crippen molar-refractivity contribution in [3.63, 3.8) is 0 Å². The van der Waals surface area contributed by atoms with Crippen LogP contribution in [0.4, 0.5) is 5.69 Å². The first-order chi connectivity index (χ1) is 12.2. The zero-order valence-corrected chi connectivity index (χ0v) is 14.9. The van der Waals surface area contributed by atoms with E-state index in [1.165, 1.54) is 25.9 Å². The second-order valence-corrected chi connectivity index (χ2v) is 6.66. The van der Waals surface area contributed by atoms with Crippen LogP contribution in [0.2, 0.25) is 0 Å². The largest absolute Gasteiger partial charge is 0.478 e. The van der Waals surface area contributed by atoms with E-state index in [-0.39, 0.29) is 18.4 Å². The van der Waals surface area contributed by atoms with Crippen molar-refractivity contribution in [2.75, 3.05) is 37.6 Å². The molecule has 6 nitrogen and oxygen atoms in total. The minimum atomic E-state index is -0.516. The van der Waals surface area contributed by atoms with Gasteiger partial charge >= 0.3 is 0 Å². The highest BCUT2D eigenvalue weighted by atomic mass is 16.5. The highest BCUT2D eigenvalue weighted by Gasteiger charge is 2.34. The molecular weight excluding hydrogens is 318 g/mol. The lowest BCUT2D eigenvalue weighted by molar-refractivity contribution is -0.129. The second-order valence-electron chi connectivity index (χ2n) is 6.66. The Balaban J connectivity index is 1.53. The normalized spacial score (nSPS) is 20.3. The van der Waals surface area contributed by atoms with Crippen molar-refractivity contribution in [1.29, 1.82) is 0 Å². The molecule has 3 rings (SSSR count). The lowest BCUT2D eigenvalue weighted by Crippen LogP contribution is -2.49. The molecule has 1 fully saturated rings. The Morgan fingerprint density at radius 3 is 2.80 bits per heavy atom. The van der Waals surface area contributed by atoms with Gasteiger partial charge in [-0.25, -0.2) is 0 Å². The van der Waals surface area contributed by atoms with Crippen LogP contribution in [0.15, 0.2) is 24.3 Å². The summed E-state index contributed by atoms with van der Waals surface area (Å²) in [6.45, 7) is 5.97. The number of amides is 2. The smallest absolute Gasteiger partial charge is 0.268 e. The van der Waals surface area contributed by atoms with Gasteiger partial charge < -0.3 is 15.0 Å². The third kappa shape index (κ3) is 4.31. The predicted molar refractivity (Wildman–Crippen MR) is 96.8 cm³/mol. The summed E-state index contributed by atoms with van der Waals surface area (Å²) in [4.78, 5) is 28.8. The summed E-state index contributed by atoms with van der Waals surface area (Å²) < 4.78 is 5.73. The standard InChI is InChI=1S/C19H27N3O3/c1-2-16-19(24)22(15-8-3-4-9-17(15)25-16)14-18(23)20-10-7-13-21-11-5-6-12-21/h3-4,8-9,16H,2,5-7,10-14H2,1H3,(H,20,23)/t16-/m1/s1. The van der Waals surface area contributed by atoms with Gasteiger partial charge in [-0.05, 0) is 57.5 Å². The first kappa shape index (κ1) is 17.7. The molecule has 0 radical (unpaired) electrons. The highest BCUT2D eigenvalue weighted by Crippen LogP contribution is 2.34. The van der Waals surface area contributed by atoms with Gasteiger partial charge in [-0.3, -0.25) is 14.5 Å². The molecule has 0 saturated carbocycles. The SMILES string of the molecule is CC[C@H]1Oc2ccccc2N(CC(=O)NCCCN2CCCC2)C1=O. The fourth-order valence-corrected chi connectivity index (χ4v) is 3.43. The van der Waals surface area contributed by atoms with Gasteiger partial charge in [0, 0.05) is 6.54 Å². The number of nitrogens with zero attached hydrogens (tertiary/aromatic N) is 2. The maximum absolute atomic E-state index is 12.6. The monoisotopic (exact) mass is 345 g/mol. The van der Waals surface area contributed by atoms with Crippen LogP contribution in [-0.2, 0) is 9.59 Å². The number of nitrogens with one attached hydrogen (secondary N) is 1. The van der Waals surface area contributed by atoms with E-state index in [4.69, 9.17) is 4.74 Å². The Morgan fingerprint density at radius 2 is 2.04 bits per heavy atom. The fraction of sp³-hybridized carbons (Fsp3) is 0.579. The van der Waals surface area contributed by atoms with Gasteiger partial charge in [-0.1, -0.05) is 19.1 Å². The molecule has 1 aromatic carbocycles. The molecule has 0 aliphatic carbocycles. The van der Waals surface area contributed by atoms with Gasteiger partial charge in [0.1, 0.15) is 12.3 Å². The minimum Gasteiger partial charge on any atom is -0.478 e. The molecule has 1 atom stereocenters. The lowest BCUT2D eigenvalue weighted by Gasteiger charge is -2.33. The number of likely N-dealkylation sites (tertiary alicyclic amines) is 1. The number of carbonyl (C=O) groups excluding carboxylic acids is 2. The van der Waals surface area contributed by atoms with E-state index in [0.29, 0.717) is 24.4 Å². The quantitative estimate of drug-likeness (QED) is 0.766. The van der Waals surface area contributed by atoms with E-state index in [9.17, 15) is 9.59 Å². The van der Waals surface area contributed by atoms with Crippen molar-refractivity contribution in [3.8, 4) is 5.75 Å². The van der Waals surface area contributed by atoms with E-state index in [1.54, 1.807) is 4.90 Å². The molecule has 0 unspecified atom stereocenters. The van der Waals surface area contributed by atoms with Crippen LogP contribution in [0.1, 0.15) is 32.6 Å². The number of rotatable bonds is 7. The molecule has 1 N–H and O–H groups in total. The predicted octanol–water partition coefficient (Wildman–Crippen LogP) is 1.79. The van der Waals surface area contributed by atoms with Crippen LogP contribution in [0.5, 0.6) is 5.75 Å². The van der Waals surface area contributed by atoms with Gasteiger partial charge in [-0.15, -0.1) is 0 Å². The van der Waals surface area contributed by atoms with Crippen molar-refractivity contribution in [2.45, 2.75) is 38.7 Å². The second kappa shape index (κ2) is 8.34. The van der Waals surface area contributed by atoms with Gasteiger partial charge in [0.25, 0.3) is 5.91 Å². The third-order valence-corrected chi connectivity index (χ3v) is 4.81. The lowest BCUT2D eigenvalue weighted by atomic mass is 10.1. The van der Waals surface area contributed by atoms with Crippen molar-refractivity contribution >= 4 is 17.5 Å². The third-order valence-electron chi connectivity index (χ3n) is 4.81. The molecule has 136 valence electrons. The highest BCUT2D eigenvalue weighted by molar-refractivity contribution is 6.03. The van der Waals surface area contributed by atoms with Gasteiger partial charge in [0.05, 0.1) is 5.69 Å². The number of fused-ring (bicyclic) bond motifs is 1. The number of ether oxygens (including phenoxy) is 1. The van der Waals surface area contributed by atoms with Crippen molar-refractivity contribution in [2.24, 2.45) is 0 Å². The molecule has 2 aliphatic rings. The molecule has 0 aromatic heterocycles. The zero-order valence-electron chi connectivity index (χ0n) is 14.9. The molecule has 0 bridgehead atoms. The minimum absolute atomic E-state index is 0.0411. The summed E-state index contributed by atoms with van der Waals surface area (Å²) in [6.07, 6.45) is 3.57. The van der Waals surface area contributed by atoms with Gasteiger partial charge in [-0.2, -0.15) is 0 Å². The van der Waals surface area contributed by atoms with E-state index < -0.39 is 6.10 Å². The van der Waals surface area contributed by atoms with Crippen LogP contribution >= 0.6 is 0 Å². The van der Waals surface area contributed by atoms with E-state index in [2.05, 4.69) is 10.2 Å². The number of para-hydroxylation sites is 2. The molecule has 2 aliphatic heterocycles. The average molecular weight is 345 g/mol. The van der Waals surface area contributed by atoms with Gasteiger partial charge in [0.15, 0.2) is 6.10 Å². The van der Waals surface area contributed by atoms with Crippen LogP contribution in [0, 0.1) is 0 Å².